The van der Waals surface area contributed by atoms with Crippen LogP contribution in [0.25, 0.3) is 11.0 Å². The summed E-state index contributed by atoms with van der Waals surface area (Å²) >= 11 is 5.21. The van der Waals surface area contributed by atoms with Gasteiger partial charge in [-0.05, 0) is 46.1 Å². The predicted octanol–water partition coefficient (Wildman–Crippen LogP) is 4.39. The van der Waals surface area contributed by atoms with E-state index in [9.17, 15) is 0 Å². The Morgan fingerprint density at radius 1 is 1.38 bits per heavy atom. The van der Waals surface area contributed by atoms with Gasteiger partial charge < -0.3 is 10.2 Å². The molecule has 0 radical (unpaired) electrons. The van der Waals surface area contributed by atoms with Crippen molar-refractivity contribution in [3.63, 3.8) is 0 Å². The second-order valence-corrected chi connectivity index (χ2v) is 7.40. The summed E-state index contributed by atoms with van der Waals surface area (Å²) in [5.74, 6) is 0. The molecule has 2 aromatic heterocycles. The Hall–Kier alpha value is -1.14. The number of halogens is 1. The molecule has 0 saturated carbocycles. The first-order valence-corrected chi connectivity index (χ1v) is 8.45. The van der Waals surface area contributed by atoms with Gasteiger partial charge in [0, 0.05) is 24.0 Å². The molecule has 0 fully saturated rings. The number of para-hydroxylation sites is 1. The molecule has 0 spiro atoms. The van der Waals surface area contributed by atoms with Crippen LogP contribution in [0.15, 0.2) is 50.2 Å². The normalized spacial score (nSPS) is 13.1. The minimum atomic E-state index is 0.146. The molecule has 5 heteroatoms. The fourth-order valence-electron chi connectivity index (χ4n) is 2.63. The van der Waals surface area contributed by atoms with Crippen LogP contribution < -0.4 is 5.73 Å². The summed E-state index contributed by atoms with van der Waals surface area (Å²) in [7, 11) is 2.10. The van der Waals surface area contributed by atoms with Gasteiger partial charge in [-0.15, -0.1) is 11.3 Å². The minimum Gasteiger partial charge on any atom is -0.464 e. The van der Waals surface area contributed by atoms with Crippen molar-refractivity contribution >= 4 is 38.2 Å². The van der Waals surface area contributed by atoms with E-state index in [1.807, 2.05) is 24.5 Å². The number of nitrogens with two attached hydrogens (primary N) is 1. The van der Waals surface area contributed by atoms with Gasteiger partial charge in [0.1, 0.15) is 5.58 Å². The molecule has 2 heterocycles. The average Bonchev–Trinajstić information content (AvgIpc) is 3.07. The van der Waals surface area contributed by atoms with Crippen LogP contribution in [0.1, 0.15) is 17.2 Å². The lowest BCUT2D eigenvalue weighted by Crippen LogP contribution is -2.29. The Morgan fingerprint density at radius 3 is 2.90 bits per heavy atom. The maximum Gasteiger partial charge on any atom is 0.134 e. The minimum absolute atomic E-state index is 0.146. The van der Waals surface area contributed by atoms with Crippen molar-refractivity contribution in [3.8, 4) is 0 Å². The third-order valence-corrected chi connectivity index (χ3v) is 5.23. The Balaban J connectivity index is 1.87. The molecule has 0 aliphatic rings. The first-order chi connectivity index (χ1) is 10.2. The average molecular weight is 365 g/mol. The maximum atomic E-state index is 6.02. The molecule has 0 saturated heterocycles. The number of hydrogen-bond acceptors (Lipinski definition) is 4. The van der Waals surface area contributed by atoms with Crippen LogP contribution in [0.5, 0.6) is 0 Å². The fraction of sp³-hybridized carbons (Fsp3) is 0.250. The van der Waals surface area contributed by atoms with Gasteiger partial charge in [-0.25, -0.2) is 0 Å². The molecule has 0 aliphatic carbocycles. The smallest absolute Gasteiger partial charge is 0.134 e. The summed E-state index contributed by atoms with van der Waals surface area (Å²) in [6, 6.07) is 10.4. The van der Waals surface area contributed by atoms with Crippen molar-refractivity contribution in [2.75, 3.05) is 13.6 Å². The van der Waals surface area contributed by atoms with Crippen LogP contribution in [0.2, 0.25) is 0 Å². The zero-order chi connectivity index (χ0) is 14.8. The molecule has 0 bridgehead atoms. The van der Waals surface area contributed by atoms with Crippen LogP contribution in [0.3, 0.4) is 0 Å². The number of hydrogen-bond donors (Lipinski definition) is 1. The Morgan fingerprint density at radius 2 is 2.19 bits per heavy atom. The number of rotatable bonds is 5. The van der Waals surface area contributed by atoms with Crippen LogP contribution in [0.4, 0.5) is 0 Å². The van der Waals surface area contributed by atoms with Gasteiger partial charge in [-0.2, -0.15) is 0 Å². The summed E-state index contributed by atoms with van der Waals surface area (Å²) in [5.41, 5.74) is 9.39. The molecular weight excluding hydrogens is 348 g/mol. The molecule has 0 aliphatic heterocycles. The van der Waals surface area contributed by atoms with Gasteiger partial charge in [0.15, 0.2) is 0 Å². The van der Waals surface area contributed by atoms with E-state index in [0.29, 0.717) is 6.54 Å². The molecule has 3 rings (SSSR count). The van der Waals surface area contributed by atoms with E-state index in [4.69, 9.17) is 10.2 Å². The van der Waals surface area contributed by atoms with E-state index in [1.54, 1.807) is 11.3 Å². The lowest BCUT2D eigenvalue weighted by atomic mass is 10.0. The Kier molecular flexibility index (Phi) is 4.45. The standard InChI is InChI=1S/C16H17BrN2OS/c1-19(8-11-6-16(17)21-10-11)14(7-18)13-9-20-15-5-3-2-4-12(13)15/h2-6,9-10,14H,7-8,18H2,1H3. The SMILES string of the molecule is CN(Cc1csc(Br)c1)C(CN)c1coc2ccccc12. The van der Waals surface area contributed by atoms with Gasteiger partial charge in [0.25, 0.3) is 0 Å². The summed E-state index contributed by atoms with van der Waals surface area (Å²) in [4.78, 5) is 2.27. The van der Waals surface area contributed by atoms with Crippen molar-refractivity contribution in [3.05, 3.63) is 56.9 Å². The summed E-state index contributed by atoms with van der Waals surface area (Å²) in [6.45, 7) is 1.43. The van der Waals surface area contributed by atoms with Gasteiger partial charge in [-0.3, -0.25) is 4.90 Å². The number of nitrogens with zero attached hydrogens (tertiary/aromatic N) is 1. The largest absolute Gasteiger partial charge is 0.464 e. The lowest BCUT2D eigenvalue weighted by Gasteiger charge is -2.26. The molecule has 0 amide bonds. The molecule has 3 aromatic rings. The summed E-state index contributed by atoms with van der Waals surface area (Å²) < 4.78 is 6.81. The molecule has 1 aromatic carbocycles. The van der Waals surface area contributed by atoms with Gasteiger partial charge >= 0.3 is 0 Å². The van der Waals surface area contributed by atoms with Gasteiger partial charge in [0.05, 0.1) is 16.1 Å². The third-order valence-electron chi connectivity index (χ3n) is 3.68. The van der Waals surface area contributed by atoms with Crippen molar-refractivity contribution in [2.45, 2.75) is 12.6 Å². The monoisotopic (exact) mass is 364 g/mol. The molecule has 1 atom stereocenters. The van der Waals surface area contributed by atoms with Gasteiger partial charge in [-0.1, -0.05) is 18.2 Å². The number of thiophene rings is 1. The van der Waals surface area contributed by atoms with Crippen molar-refractivity contribution in [1.82, 2.24) is 4.90 Å². The van der Waals surface area contributed by atoms with E-state index in [-0.39, 0.29) is 6.04 Å². The van der Waals surface area contributed by atoms with Crippen molar-refractivity contribution < 1.29 is 4.42 Å². The number of furan rings is 1. The molecule has 1 unspecified atom stereocenters. The molecule has 2 N–H and O–H groups in total. The van der Waals surface area contributed by atoms with E-state index >= 15 is 0 Å². The van der Waals surface area contributed by atoms with Crippen LogP contribution in [0, 0.1) is 0 Å². The highest BCUT2D eigenvalue weighted by molar-refractivity contribution is 9.11. The first kappa shape index (κ1) is 14.8. The quantitative estimate of drug-likeness (QED) is 0.729. The Bertz CT molecular complexity index is 737. The third kappa shape index (κ3) is 3.06. The highest BCUT2D eigenvalue weighted by Crippen LogP contribution is 2.30. The Labute approximate surface area is 136 Å². The molecule has 21 heavy (non-hydrogen) atoms. The first-order valence-electron chi connectivity index (χ1n) is 6.78. The second-order valence-electron chi connectivity index (χ2n) is 5.11. The second kappa shape index (κ2) is 6.32. The fourth-order valence-corrected chi connectivity index (χ4v) is 3.83. The van der Waals surface area contributed by atoms with Crippen LogP contribution in [-0.4, -0.2) is 18.5 Å². The maximum absolute atomic E-state index is 6.02. The van der Waals surface area contributed by atoms with Crippen LogP contribution in [-0.2, 0) is 6.54 Å². The van der Waals surface area contributed by atoms with E-state index in [1.165, 1.54) is 5.56 Å². The van der Waals surface area contributed by atoms with E-state index in [2.05, 4.69) is 45.4 Å². The van der Waals surface area contributed by atoms with Crippen molar-refractivity contribution in [2.24, 2.45) is 5.73 Å². The topological polar surface area (TPSA) is 42.4 Å². The molecular formula is C16H17BrN2OS. The number of likely N-dealkylation sites (N-methyl/N-ethyl adjacent to an activating group) is 1. The lowest BCUT2D eigenvalue weighted by molar-refractivity contribution is 0.242. The van der Waals surface area contributed by atoms with Crippen LogP contribution >= 0.6 is 27.3 Å². The highest BCUT2D eigenvalue weighted by Gasteiger charge is 2.20. The summed E-state index contributed by atoms with van der Waals surface area (Å²) in [6.07, 6.45) is 1.84. The highest BCUT2D eigenvalue weighted by atomic mass is 79.9. The number of benzene rings is 1. The van der Waals surface area contributed by atoms with E-state index in [0.717, 1.165) is 26.9 Å². The number of fused-ring (bicyclic) bond motifs is 1. The predicted molar refractivity (Wildman–Crippen MR) is 91.5 cm³/mol. The zero-order valence-corrected chi connectivity index (χ0v) is 14.2. The van der Waals surface area contributed by atoms with Gasteiger partial charge in [0.2, 0.25) is 0 Å². The zero-order valence-electron chi connectivity index (χ0n) is 11.8. The van der Waals surface area contributed by atoms with E-state index < -0.39 is 0 Å². The summed E-state index contributed by atoms with van der Waals surface area (Å²) in [5, 5.41) is 3.31. The molecule has 3 nitrogen and oxygen atoms in total. The van der Waals surface area contributed by atoms with Crippen molar-refractivity contribution in [1.29, 1.82) is 0 Å². The molecule has 110 valence electrons.